The second kappa shape index (κ2) is 3.82. The van der Waals surface area contributed by atoms with Gasteiger partial charge in [0.25, 0.3) is 0 Å². The van der Waals surface area contributed by atoms with Crippen LogP contribution in [0.3, 0.4) is 0 Å². The number of aryl methyl sites for hydroxylation is 1. The second-order valence-electron chi connectivity index (χ2n) is 5.74. The fraction of sp³-hybridized carbons (Fsp3) is 0.533. The zero-order chi connectivity index (χ0) is 12.9. The van der Waals surface area contributed by atoms with Crippen molar-refractivity contribution in [2.24, 2.45) is 5.73 Å². The standard InChI is InChI=1S/C15H20N2O/c1-10(16)15(7-8-15)12-5-3-11-4-6-14(18)17(2)13(11)9-12/h3,5,9-10H,4,6-8,16H2,1-2H3. The molecule has 0 saturated heterocycles. The smallest absolute Gasteiger partial charge is 0.227 e. The van der Waals surface area contributed by atoms with E-state index in [4.69, 9.17) is 5.73 Å². The van der Waals surface area contributed by atoms with E-state index in [1.54, 1.807) is 4.90 Å². The molecule has 1 heterocycles. The van der Waals surface area contributed by atoms with E-state index in [0.29, 0.717) is 6.42 Å². The van der Waals surface area contributed by atoms with Crippen LogP contribution in [0.5, 0.6) is 0 Å². The van der Waals surface area contributed by atoms with Gasteiger partial charge in [0.2, 0.25) is 5.91 Å². The second-order valence-corrected chi connectivity index (χ2v) is 5.74. The number of rotatable bonds is 2. The summed E-state index contributed by atoms with van der Waals surface area (Å²) in [5.74, 6) is 0.213. The Kier molecular flexibility index (Phi) is 2.49. The molecule has 1 fully saturated rings. The highest BCUT2D eigenvalue weighted by Crippen LogP contribution is 2.51. The predicted octanol–water partition coefficient (Wildman–Crippen LogP) is 1.97. The molecule has 0 radical (unpaired) electrons. The van der Waals surface area contributed by atoms with Crippen LogP contribution < -0.4 is 10.6 Å². The largest absolute Gasteiger partial charge is 0.327 e. The van der Waals surface area contributed by atoms with Gasteiger partial charge in [0, 0.05) is 30.6 Å². The van der Waals surface area contributed by atoms with Crippen molar-refractivity contribution in [2.45, 2.75) is 44.1 Å². The summed E-state index contributed by atoms with van der Waals surface area (Å²) >= 11 is 0. The molecule has 0 spiro atoms. The maximum Gasteiger partial charge on any atom is 0.227 e. The van der Waals surface area contributed by atoms with Crippen molar-refractivity contribution in [1.29, 1.82) is 0 Å². The molecule has 3 heteroatoms. The summed E-state index contributed by atoms with van der Waals surface area (Å²) < 4.78 is 0. The van der Waals surface area contributed by atoms with Crippen molar-refractivity contribution in [3.63, 3.8) is 0 Å². The zero-order valence-corrected chi connectivity index (χ0v) is 11.1. The van der Waals surface area contributed by atoms with Crippen LogP contribution >= 0.6 is 0 Å². The Morgan fingerprint density at radius 3 is 2.67 bits per heavy atom. The van der Waals surface area contributed by atoms with Crippen LogP contribution in [0, 0.1) is 0 Å². The van der Waals surface area contributed by atoms with Gasteiger partial charge in [-0.25, -0.2) is 0 Å². The van der Waals surface area contributed by atoms with Crippen molar-refractivity contribution < 1.29 is 4.79 Å². The average molecular weight is 244 g/mol. The van der Waals surface area contributed by atoms with E-state index in [-0.39, 0.29) is 17.4 Å². The number of benzene rings is 1. The monoisotopic (exact) mass is 244 g/mol. The molecule has 1 unspecified atom stereocenters. The van der Waals surface area contributed by atoms with Crippen molar-refractivity contribution in [1.82, 2.24) is 0 Å². The molecule has 2 N–H and O–H groups in total. The Labute approximate surface area is 108 Å². The van der Waals surface area contributed by atoms with Crippen LogP contribution in [-0.2, 0) is 16.6 Å². The molecule has 3 nitrogen and oxygen atoms in total. The van der Waals surface area contributed by atoms with Crippen LogP contribution in [-0.4, -0.2) is 19.0 Å². The summed E-state index contributed by atoms with van der Waals surface area (Å²) in [6.07, 6.45) is 3.83. The molecule has 0 aromatic heterocycles. The molecule has 1 aliphatic heterocycles. The SMILES string of the molecule is CC(N)C1(c2ccc3c(c2)N(C)C(=O)CC3)CC1. The van der Waals surface area contributed by atoms with Crippen molar-refractivity contribution in [2.75, 3.05) is 11.9 Å². The van der Waals surface area contributed by atoms with Gasteiger partial charge in [-0.2, -0.15) is 0 Å². The predicted molar refractivity (Wildman–Crippen MR) is 72.7 cm³/mol. The Balaban J connectivity index is 2.03. The molecule has 1 aliphatic carbocycles. The first kappa shape index (κ1) is 11.7. The number of carbonyl (C=O) groups is 1. The number of fused-ring (bicyclic) bond motifs is 1. The first-order valence-electron chi connectivity index (χ1n) is 6.70. The Morgan fingerprint density at radius 1 is 1.33 bits per heavy atom. The highest BCUT2D eigenvalue weighted by atomic mass is 16.2. The molecule has 1 saturated carbocycles. The van der Waals surface area contributed by atoms with Gasteiger partial charge in [-0.15, -0.1) is 0 Å². The zero-order valence-electron chi connectivity index (χ0n) is 11.1. The molecule has 96 valence electrons. The van der Waals surface area contributed by atoms with Crippen molar-refractivity contribution in [3.05, 3.63) is 29.3 Å². The highest BCUT2D eigenvalue weighted by Gasteiger charge is 2.47. The van der Waals surface area contributed by atoms with Crippen LogP contribution in [0.2, 0.25) is 0 Å². The molecule has 18 heavy (non-hydrogen) atoms. The van der Waals surface area contributed by atoms with E-state index in [9.17, 15) is 4.79 Å². The van der Waals surface area contributed by atoms with Gasteiger partial charge in [-0.05, 0) is 43.4 Å². The molecule has 2 aliphatic rings. The number of nitrogens with two attached hydrogens (primary N) is 1. The topological polar surface area (TPSA) is 46.3 Å². The third-order valence-corrected chi connectivity index (χ3v) is 4.66. The maximum atomic E-state index is 11.8. The van der Waals surface area contributed by atoms with Gasteiger partial charge in [0.05, 0.1) is 0 Å². The molecule has 1 atom stereocenters. The summed E-state index contributed by atoms with van der Waals surface area (Å²) in [7, 11) is 1.87. The van der Waals surface area contributed by atoms with E-state index < -0.39 is 0 Å². The van der Waals surface area contributed by atoms with Crippen LogP contribution in [0.4, 0.5) is 5.69 Å². The summed E-state index contributed by atoms with van der Waals surface area (Å²) in [6, 6.07) is 6.75. The maximum absolute atomic E-state index is 11.8. The third-order valence-electron chi connectivity index (χ3n) is 4.66. The van der Waals surface area contributed by atoms with E-state index in [1.165, 1.54) is 24.0 Å². The van der Waals surface area contributed by atoms with Gasteiger partial charge in [0.1, 0.15) is 0 Å². The number of amides is 1. The number of anilines is 1. The van der Waals surface area contributed by atoms with Crippen LogP contribution in [0.1, 0.15) is 37.3 Å². The minimum atomic E-state index is 0.163. The Morgan fingerprint density at radius 2 is 2.06 bits per heavy atom. The average Bonchev–Trinajstić information content (AvgIpc) is 3.15. The van der Waals surface area contributed by atoms with Gasteiger partial charge in [-0.1, -0.05) is 12.1 Å². The lowest BCUT2D eigenvalue weighted by molar-refractivity contribution is -0.118. The Hall–Kier alpha value is -1.35. The lowest BCUT2D eigenvalue weighted by Gasteiger charge is -2.28. The highest BCUT2D eigenvalue weighted by molar-refractivity contribution is 5.96. The summed E-state index contributed by atoms with van der Waals surface area (Å²) in [4.78, 5) is 13.6. The first-order chi connectivity index (χ1) is 8.54. The van der Waals surface area contributed by atoms with E-state index in [0.717, 1.165) is 12.1 Å². The van der Waals surface area contributed by atoms with Crippen LogP contribution in [0.25, 0.3) is 0 Å². The molecule has 1 aromatic carbocycles. The number of nitrogens with zero attached hydrogens (tertiary/aromatic N) is 1. The normalized spacial score (nSPS) is 22.6. The summed E-state index contributed by atoms with van der Waals surface area (Å²) in [5, 5.41) is 0. The van der Waals surface area contributed by atoms with Gasteiger partial charge >= 0.3 is 0 Å². The van der Waals surface area contributed by atoms with Gasteiger partial charge in [0.15, 0.2) is 0 Å². The van der Waals surface area contributed by atoms with Crippen molar-refractivity contribution in [3.8, 4) is 0 Å². The summed E-state index contributed by atoms with van der Waals surface area (Å²) in [5.41, 5.74) is 9.95. The molecular weight excluding hydrogens is 224 g/mol. The van der Waals surface area contributed by atoms with E-state index in [1.807, 2.05) is 7.05 Å². The number of hydrogen-bond acceptors (Lipinski definition) is 2. The lowest BCUT2D eigenvalue weighted by atomic mass is 9.87. The third kappa shape index (κ3) is 1.57. The van der Waals surface area contributed by atoms with Crippen molar-refractivity contribution >= 4 is 11.6 Å². The van der Waals surface area contributed by atoms with E-state index >= 15 is 0 Å². The minimum Gasteiger partial charge on any atom is -0.327 e. The number of hydrogen-bond donors (Lipinski definition) is 1. The lowest BCUT2D eigenvalue weighted by Crippen LogP contribution is -2.34. The molecule has 1 amide bonds. The quantitative estimate of drug-likeness (QED) is 0.864. The fourth-order valence-corrected chi connectivity index (χ4v) is 3.08. The number of carbonyl (C=O) groups excluding carboxylic acids is 1. The fourth-order valence-electron chi connectivity index (χ4n) is 3.08. The molecular formula is C15H20N2O. The summed E-state index contributed by atoms with van der Waals surface area (Å²) in [6.45, 7) is 2.08. The van der Waals surface area contributed by atoms with Gasteiger partial charge in [-0.3, -0.25) is 4.79 Å². The Bertz CT molecular complexity index is 503. The van der Waals surface area contributed by atoms with Crippen LogP contribution in [0.15, 0.2) is 18.2 Å². The minimum absolute atomic E-state index is 0.163. The first-order valence-corrected chi connectivity index (χ1v) is 6.70. The molecule has 1 aromatic rings. The van der Waals surface area contributed by atoms with E-state index in [2.05, 4.69) is 25.1 Å². The molecule has 3 rings (SSSR count). The molecule has 0 bridgehead atoms. The van der Waals surface area contributed by atoms with Gasteiger partial charge < -0.3 is 10.6 Å².